The third-order valence-corrected chi connectivity index (χ3v) is 4.21. The van der Waals surface area contributed by atoms with Gasteiger partial charge >= 0.3 is 0 Å². The van der Waals surface area contributed by atoms with Crippen LogP contribution in [0.4, 0.5) is 4.39 Å². The van der Waals surface area contributed by atoms with Crippen molar-refractivity contribution in [2.75, 3.05) is 13.1 Å². The summed E-state index contributed by atoms with van der Waals surface area (Å²) >= 11 is 3.15. The Morgan fingerprint density at radius 1 is 1.44 bits per heavy atom. The van der Waals surface area contributed by atoms with Gasteiger partial charge in [0.1, 0.15) is 11.4 Å². The molecule has 1 N–H and O–H groups in total. The first-order chi connectivity index (χ1) is 8.49. The molecule has 0 unspecified atom stereocenters. The minimum absolute atomic E-state index is 0.0658. The molecule has 0 radical (unpaired) electrons. The number of nitrogens with zero attached hydrogens (tertiary/aromatic N) is 1. The molecule has 2 fully saturated rings. The lowest BCUT2D eigenvalue weighted by atomic mass is 9.88. The zero-order valence-corrected chi connectivity index (χ0v) is 11.3. The van der Waals surface area contributed by atoms with E-state index in [2.05, 4.69) is 15.9 Å². The molecule has 1 aromatic carbocycles. The Morgan fingerprint density at radius 2 is 2.11 bits per heavy atom. The number of likely N-dealkylation sites (tertiary alicyclic amines) is 1. The first kappa shape index (κ1) is 12.1. The second kappa shape index (κ2) is 4.03. The summed E-state index contributed by atoms with van der Waals surface area (Å²) in [5.74, 6) is -0.544. The number of hydrogen-bond acceptors (Lipinski definition) is 2. The first-order valence-corrected chi connectivity index (χ1v) is 6.76. The van der Waals surface area contributed by atoms with Crippen molar-refractivity contribution in [3.63, 3.8) is 0 Å². The van der Waals surface area contributed by atoms with Gasteiger partial charge in [0, 0.05) is 4.47 Å². The average Bonchev–Trinajstić information content (AvgIpc) is 3.08. The van der Waals surface area contributed by atoms with Crippen LogP contribution in [0.1, 0.15) is 23.2 Å². The second-order valence-corrected chi connectivity index (χ2v) is 6.08. The van der Waals surface area contributed by atoms with Crippen molar-refractivity contribution in [3.8, 4) is 0 Å². The van der Waals surface area contributed by atoms with E-state index in [4.69, 9.17) is 0 Å². The van der Waals surface area contributed by atoms with Gasteiger partial charge in [0.15, 0.2) is 0 Å². The molecular weight excluding hydrogens is 301 g/mol. The lowest BCUT2D eigenvalue weighted by Gasteiger charge is -2.47. The van der Waals surface area contributed by atoms with Crippen molar-refractivity contribution in [1.29, 1.82) is 0 Å². The van der Waals surface area contributed by atoms with E-state index in [1.807, 2.05) is 0 Å². The molecule has 1 aromatic rings. The van der Waals surface area contributed by atoms with Gasteiger partial charge in [-0.05, 0) is 37.0 Å². The summed E-state index contributed by atoms with van der Waals surface area (Å²) < 4.78 is 14.3. The summed E-state index contributed by atoms with van der Waals surface area (Å²) in [6, 6.07) is 4.39. The predicted octanol–water partition coefficient (Wildman–Crippen LogP) is 2.19. The van der Waals surface area contributed by atoms with E-state index in [0.717, 1.165) is 12.8 Å². The maximum absolute atomic E-state index is 13.6. The maximum Gasteiger partial charge on any atom is 0.257 e. The summed E-state index contributed by atoms with van der Waals surface area (Å²) in [7, 11) is 0. The predicted molar refractivity (Wildman–Crippen MR) is 67.7 cm³/mol. The topological polar surface area (TPSA) is 40.5 Å². The summed E-state index contributed by atoms with van der Waals surface area (Å²) in [5.41, 5.74) is -0.655. The van der Waals surface area contributed by atoms with Crippen LogP contribution in [0.3, 0.4) is 0 Å². The number of amides is 1. The highest BCUT2D eigenvalue weighted by atomic mass is 79.9. The van der Waals surface area contributed by atoms with Crippen LogP contribution in [0.25, 0.3) is 0 Å². The van der Waals surface area contributed by atoms with Crippen molar-refractivity contribution in [1.82, 2.24) is 4.90 Å². The molecule has 3 rings (SSSR count). The molecule has 1 saturated carbocycles. The molecule has 0 aromatic heterocycles. The quantitative estimate of drug-likeness (QED) is 0.909. The molecule has 1 aliphatic heterocycles. The number of aliphatic hydroxyl groups is 1. The number of carbonyl (C=O) groups is 1. The molecule has 0 spiro atoms. The van der Waals surface area contributed by atoms with Crippen LogP contribution in [0.2, 0.25) is 0 Å². The van der Waals surface area contributed by atoms with Crippen LogP contribution in [0, 0.1) is 11.7 Å². The Balaban J connectivity index is 1.72. The van der Waals surface area contributed by atoms with E-state index < -0.39 is 11.4 Å². The van der Waals surface area contributed by atoms with Gasteiger partial charge in [0.25, 0.3) is 5.91 Å². The molecule has 1 aliphatic carbocycles. The fraction of sp³-hybridized carbons (Fsp3) is 0.462. The van der Waals surface area contributed by atoms with Crippen LogP contribution in [0.15, 0.2) is 22.7 Å². The number of halogens is 2. The van der Waals surface area contributed by atoms with Crippen molar-refractivity contribution >= 4 is 21.8 Å². The molecule has 96 valence electrons. The third kappa shape index (κ3) is 1.95. The normalized spacial score (nSPS) is 21.6. The van der Waals surface area contributed by atoms with Crippen molar-refractivity contribution in [2.24, 2.45) is 5.92 Å². The van der Waals surface area contributed by atoms with Gasteiger partial charge in [-0.25, -0.2) is 4.39 Å². The maximum atomic E-state index is 13.6. The lowest BCUT2D eigenvalue weighted by molar-refractivity contribution is -0.0959. The highest BCUT2D eigenvalue weighted by Gasteiger charge is 2.53. The van der Waals surface area contributed by atoms with Crippen molar-refractivity contribution in [3.05, 3.63) is 34.1 Å². The summed E-state index contributed by atoms with van der Waals surface area (Å²) in [5, 5.41) is 10.1. The van der Waals surface area contributed by atoms with Crippen LogP contribution >= 0.6 is 15.9 Å². The van der Waals surface area contributed by atoms with E-state index in [0.29, 0.717) is 23.5 Å². The molecule has 3 nitrogen and oxygen atoms in total. The van der Waals surface area contributed by atoms with Crippen molar-refractivity contribution < 1.29 is 14.3 Å². The second-order valence-electron chi connectivity index (χ2n) is 5.16. The average molecular weight is 314 g/mol. The Morgan fingerprint density at radius 3 is 2.67 bits per heavy atom. The Hall–Kier alpha value is -0.940. The van der Waals surface area contributed by atoms with Gasteiger partial charge < -0.3 is 10.0 Å². The van der Waals surface area contributed by atoms with Crippen LogP contribution in [-0.4, -0.2) is 34.6 Å². The molecule has 1 saturated heterocycles. The van der Waals surface area contributed by atoms with Gasteiger partial charge in [-0.1, -0.05) is 15.9 Å². The molecule has 5 heteroatoms. The molecule has 0 bridgehead atoms. The summed E-state index contributed by atoms with van der Waals surface area (Å²) in [6.45, 7) is 0.651. The van der Waals surface area contributed by atoms with E-state index in [-0.39, 0.29) is 11.5 Å². The van der Waals surface area contributed by atoms with Crippen molar-refractivity contribution in [2.45, 2.75) is 18.4 Å². The smallest absolute Gasteiger partial charge is 0.257 e. The van der Waals surface area contributed by atoms with E-state index >= 15 is 0 Å². The molecular formula is C13H13BrFNO2. The first-order valence-electron chi connectivity index (χ1n) is 5.96. The summed E-state index contributed by atoms with van der Waals surface area (Å²) in [4.78, 5) is 13.6. The van der Waals surface area contributed by atoms with Crippen LogP contribution in [-0.2, 0) is 0 Å². The zero-order valence-electron chi connectivity index (χ0n) is 9.70. The number of rotatable bonds is 2. The van der Waals surface area contributed by atoms with Gasteiger partial charge in [-0.3, -0.25) is 4.79 Å². The van der Waals surface area contributed by atoms with E-state index in [1.54, 1.807) is 6.07 Å². The SMILES string of the molecule is O=C(c1ccc(Br)cc1F)N1CC(O)(C2CC2)C1. The molecule has 18 heavy (non-hydrogen) atoms. The number of β-amino-alcohol motifs (C(OH)–C–C–N with tert-alkyl or cyclic N) is 1. The lowest BCUT2D eigenvalue weighted by Crippen LogP contribution is -2.64. The van der Waals surface area contributed by atoms with Gasteiger partial charge in [0.2, 0.25) is 0 Å². The Bertz CT molecular complexity index is 510. The number of carbonyl (C=O) groups excluding carboxylic acids is 1. The molecule has 2 aliphatic rings. The largest absolute Gasteiger partial charge is 0.386 e. The minimum Gasteiger partial charge on any atom is -0.386 e. The third-order valence-electron chi connectivity index (χ3n) is 3.72. The molecule has 1 amide bonds. The monoisotopic (exact) mass is 313 g/mol. The highest BCUT2D eigenvalue weighted by Crippen LogP contribution is 2.44. The number of hydrogen-bond donors (Lipinski definition) is 1. The zero-order chi connectivity index (χ0) is 12.9. The highest BCUT2D eigenvalue weighted by molar-refractivity contribution is 9.10. The van der Waals surface area contributed by atoms with E-state index in [9.17, 15) is 14.3 Å². The standard InChI is InChI=1S/C13H13BrFNO2/c14-9-3-4-10(11(15)5-9)12(17)16-6-13(18,7-16)8-1-2-8/h3-5,8,18H,1-2,6-7H2. The minimum atomic E-state index is -0.721. The molecule has 1 heterocycles. The van der Waals surface area contributed by atoms with Crippen LogP contribution in [0.5, 0.6) is 0 Å². The van der Waals surface area contributed by atoms with Gasteiger partial charge in [-0.15, -0.1) is 0 Å². The Labute approximate surface area is 113 Å². The van der Waals surface area contributed by atoms with Crippen LogP contribution < -0.4 is 0 Å². The van der Waals surface area contributed by atoms with Gasteiger partial charge in [0.05, 0.1) is 18.7 Å². The number of benzene rings is 1. The molecule has 0 atom stereocenters. The van der Waals surface area contributed by atoms with E-state index in [1.165, 1.54) is 17.0 Å². The Kier molecular flexibility index (Phi) is 2.71. The summed E-state index contributed by atoms with van der Waals surface area (Å²) in [6.07, 6.45) is 2.07. The fourth-order valence-corrected chi connectivity index (χ4v) is 2.80. The van der Waals surface area contributed by atoms with Gasteiger partial charge in [-0.2, -0.15) is 0 Å². The fourth-order valence-electron chi connectivity index (χ4n) is 2.47.